The number of rotatable bonds is 0. The molecule has 0 fully saturated rings. The Morgan fingerprint density at radius 2 is 1.75 bits per heavy atom. The quantitative estimate of drug-likeness (QED) is 0.316. The van der Waals surface area contributed by atoms with Crippen LogP contribution in [0.1, 0.15) is 0 Å². The first-order valence-electron chi connectivity index (χ1n) is 0.428. The van der Waals surface area contributed by atoms with Crippen molar-refractivity contribution in [3.8, 4) is 0 Å². The molecule has 4 heteroatoms. The Kier molecular flexibility index (Phi) is 21.0. The first kappa shape index (κ1) is 8.82. The highest BCUT2D eigenvalue weighted by Gasteiger charge is 1.45. The molecule has 0 heterocycles. The van der Waals surface area contributed by atoms with Crippen molar-refractivity contribution in [1.29, 1.82) is 0 Å². The lowest BCUT2D eigenvalue weighted by Crippen LogP contribution is -1.03. The summed E-state index contributed by atoms with van der Waals surface area (Å²) < 4.78 is 8.51. The predicted molar refractivity (Wildman–Crippen MR) is 18.4 cm³/mol. The molecular formula is H3AlO2P+. The van der Waals surface area contributed by atoms with Gasteiger partial charge in [0.2, 0.25) is 0 Å². The van der Waals surface area contributed by atoms with E-state index in [0.717, 1.165) is 0 Å². The molecule has 0 aliphatic heterocycles. The van der Waals surface area contributed by atoms with Crippen molar-refractivity contribution in [2.75, 3.05) is 0 Å². The molecule has 0 aromatic rings. The highest BCUT2D eigenvalue weighted by Crippen LogP contribution is 1.66. The maximum absolute atomic E-state index is 8.51. The van der Waals surface area contributed by atoms with Gasteiger partial charge in [-0.2, -0.15) is 4.89 Å². The molecular weight excluding hydrogens is 90.0 g/mol. The summed E-state index contributed by atoms with van der Waals surface area (Å²) >= 11 is 0. The van der Waals surface area contributed by atoms with E-state index < -0.39 is 8.69 Å². The van der Waals surface area contributed by atoms with Crippen molar-refractivity contribution in [2.24, 2.45) is 0 Å². The fraction of sp³-hybridized carbons (Fsp3) is 0. The fourth-order valence-electron chi connectivity index (χ4n) is 0. The highest BCUT2D eigenvalue weighted by molar-refractivity contribution is 7.16. The zero-order chi connectivity index (χ0) is 2.71. The van der Waals surface area contributed by atoms with E-state index in [1.54, 1.807) is 0 Å². The van der Waals surface area contributed by atoms with Gasteiger partial charge in [0.25, 0.3) is 0 Å². The summed E-state index contributed by atoms with van der Waals surface area (Å²) in [5, 5.41) is 0. The Balaban J connectivity index is 0. The van der Waals surface area contributed by atoms with Crippen LogP contribution in [0.15, 0.2) is 0 Å². The van der Waals surface area contributed by atoms with E-state index in [9.17, 15) is 0 Å². The molecule has 1 N–H and O–H groups in total. The molecule has 1 unspecified atom stereocenters. The van der Waals surface area contributed by atoms with E-state index in [1.807, 2.05) is 0 Å². The summed E-state index contributed by atoms with van der Waals surface area (Å²) in [6.45, 7) is 0. The molecule has 0 saturated heterocycles. The summed E-state index contributed by atoms with van der Waals surface area (Å²) in [7, 11) is -1.17. The first-order valence-corrected chi connectivity index (χ1v) is 1.28. The second-order valence-electron chi connectivity index (χ2n) is 0.0913. The van der Waals surface area contributed by atoms with Crippen molar-refractivity contribution < 1.29 is 9.46 Å². The van der Waals surface area contributed by atoms with Gasteiger partial charge in [-0.1, -0.05) is 0 Å². The monoisotopic (exact) mass is 93.0 g/mol. The molecule has 22 valence electrons. The minimum atomic E-state index is -1.17. The van der Waals surface area contributed by atoms with Crippen molar-refractivity contribution in [3.05, 3.63) is 0 Å². The molecule has 4 heavy (non-hydrogen) atoms. The second kappa shape index (κ2) is 9.52. The average molecular weight is 93.0 g/mol. The van der Waals surface area contributed by atoms with E-state index in [-0.39, 0.29) is 17.4 Å². The molecule has 0 aliphatic rings. The summed E-state index contributed by atoms with van der Waals surface area (Å²) in [4.78, 5) is 7.04. The third-order valence-corrected chi connectivity index (χ3v) is 0. The van der Waals surface area contributed by atoms with Gasteiger partial charge in [-0.3, -0.25) is 0 Å². The van der Waals surface area contributed by atoms with Crippen molar-refractivity contribution >= 4 is 26.0 Å². The molecule has 0 aromatic carbocycles. The van der Waals surface area contributed by atoms with Crippen molar-refractivity contribution in [1.82, 2.24) is 0 Å². The third kappa shape index (κ3) is 18.7. The van der Waals surface area contributed by atoms with E-state index in [4.69, 9.17) is 9.46 Å². The van der Waals surface area contributed by atoms with Crippen molar-refractivity contribution in [2.45, 2.75) is 0 Å². The molecule has 2 radical (unpaired) electrons. The maximum Gasteiger partial charge on any atom is 0.491 e. The highest BCUT2D eigenvalue weighted by atomic mass is 31.1. The minimum absolute atomic E-state index is 0. The van der Waals surface area contributed by atoms with Gasteiger partial charge in [-0.05, 0) is 4.57 Å². The Morgan fingerprint density at radius 1 is 1.75 bits per heavy atom. The van der Waals surface area contributed by atoms with Crippen LogP contribution in [0.4, 0.5) is 0 Å². The topological polar surface area (TPSA) is 37.3 Å². The van der Waals surface area contributed by atoms with Gasteiger partial charge in [0.15, 0.2) is 0 Å². The lowest BCUT2D eigenvalue weighted by Gasteiger charge is -1.08. The Labute approximate surface area is 36.2 Å². The third-order valence-electron chi connectivity index (χ3n) is 0. The van der Waals surface area contributed by atoms with E-state index in [2.05, 4.69) is 0 Å². The van der Waals surface area contributed by atoms with Crippen LogP contribution in [0.5, 0.6) is 0 Å². The lowest BCUT2D eigenvalue weighted by molar-refractivity contribution is 0.524. The molecule has 0 bridgehead atoms. The first-order chi connectivity index (χ1) is 1.41. The van der Waals surface area contributed by atoms with E-state index >= 15 is 0 Å². The standard InChI is InChI=1S/Al.HO2P.H/c;1-3-2;/h;3H;/p+1. The average Bonchev–Trinajstić information content (AvgIpc) is 0.918. The zero-order valence-electron chi connectivity index (χ0n) is 2.06. The van der Waals surface area contributed by atoms with Gasteiger partial charge < -0.3 is 0 Å². The zero-order valence-corrected chi connectivity index (χ0v) is 4.48. The van der Waals surface area contributed by atoms with Crippen LogP contribution >= 0.6 is 8.69 Å². The smallest absolute Gasteiger partial charge is 0.162 e. The van der Waals surface area contributed by atoms with Crippen LogP contribution in [0.3, 0.4) is 0 Å². The number of hydrogen-bond donors (Lipinski definition) is 1. The minimum Gasteiger partial charge on any atom is -0.162 e. The molecule has 1 atom stereocenters. The number of hydrogen-bond acceptors (Lipinski definition) is 1. The summed E-state index contributed by atoms with van der Waals surface area (Å²) in [6.07, 6.45) is 0. The summed E-state index contributed by atoms with van der Waals surface area (Å²) in [6, 6.07) is 0. The lowest BCUT2D eigenvalue weighted by atomic mass is 15.9. The molecule has 0 aliphatic carbocycles. The van der Waals surface area contributed by atoms with Gasteiger partial charge >= 0.3 is 8.69 Å². The molecule has 0 aromatic heterocycles. The summed E-state index contributed by atoms with van der Waals surface area (Å²) in [5.41, 5.74) is 0. The van der Waals surface area contributed by atoms with Gasteiger partial charge in [0.05, 0.1) is 17.4 Å². The van der Waals surface area contributed by atoms with Crippen LogP contribution in [-0.2, 0) is 4.57 Å². The molecule has 0 amide bonds. The van der Waals surface area contributed by atoms with Crippen molar-refractivity contribution in [3.63, 3.8) is 0 Å². The van der Waals surface area contributed by atoms with Gasteiger partial charge in [0, 0.05) is 0 Å². The van der Waals surface area contributed by atoms with Crippen LogP contribution in [0, 0.1) is 0 Å². The Morgan fingerprint density at radius 3 is 1.75 bits per heavy atom. The van der Waals surface area contributed by atoms with Crippen LogP contribution in [0.2, 0.25) is 0 Å². The van der Waals surface area contributed by atoms with Gasteiger partial charge in [-0.25, -0.2) is 0 Å². The Hall–Kier alpha value is 0.592. The summed E-state index contributed by atoms with van der Waals surface area (Å²) in [5.74, 6) is 0. The normalized spacial score (nSPS) is 5.25. The van der Waals surface area contributed by atoms with E-state index in [1.165, 1.54) is 0 Å². The predicted octanol–water partition coefficient (Wildman–Crippen LogP) is -0.731. The SMILES string of the molecule is O=[PH+]O.[AlH]. The Bertz CT molecular complexity index is 13.5. The van der Waals surface area contributed by atoms with Crippen LogP contribution in [0.25, 0.3) is 0 Å². The molecule has 2 nitrogen and oxygen atoms in total. The second-order valence-corrected chi connectivity index (χ2v) is 0.274. The molecule has 0 spiro atoms. The maximum atomic E-state index is 8.51. The largest absolute Gasteiger partial charge is 0.491 e. The van der Waals surface area contributed by atoms with Gasteiger partial charge in [-0.15, -0.1) is 0 Å². The fourth-order valence-corrected chi connectivity index (χ4v) is 0. The van der Waals surface area contributed by atoms with E-state index in [0.29, 0.717) is 0 Å². The van der Waals surface area contributed by atoms with Crippen LogP contribution in [-0.4, -0.2) is 22.3 Å². The molecule has 0 saturated carbocycles. The molecule has 0 rings (SSSR count). The van der Waals surface area contributed by atoms with Gasteiger partial charge in [0.1, 0.15) is 0 Å². The van der Waals surface area contributed by atoms with Crippen LogP contribution < -0.4 is 0 Å².